The summed E-state index contributed by atoms with van der Waals surface area (Å²) in [5.41, 5.74) is 2.38. The fraction of sp³-hybridized carbons (Fsp3) is 0.286. The van der Waals surface area contributed by atoms with E-state index < -0.39 is 0 Å². The molecule has 0 fully saturated rings. The van der Waals surface area contributed by atoms with Gasteiger partial charge in [-0.05, 0) is 24.4 Å². The van der Waals surface area contributed by atoms with Crippen LogP contribution < -0.4 is 5.32 Å². The topological polar surface area (TPSA) is 21.3 Å². The Hall–Kier alpha value is -1.32. The SMILES string of the molecule is CCOCc1ccccc1NCc1cccs1. The molecule has 0 spiro atoms. The third-order valence-corrected chi connectivity index (χ3v) is 3.39. The van der Waals surface area contributed by atoms with Gasteiger partial charge < -0.3 is 10.1 Å². The molecular weight excluding hydrogens is 230 g/mol. The second-order valence-electron chi connectivity index (χ2n) is 3.73. The highest BCUT2D eigenvalue weighted by Crippen LogP contribution is 2.18. The van der Waals surface area contributed by atoms with E-state index in [2.05, 4.69) is 35.0 Å². The lowest BCUT2D eigenvalue weighted by Crippen LogP contribution is -2.02. The van der Waals surface area contributed by atoms with Crippen molar-refractivity contribution in [1.29, 1.82) is 0 Å². The Morgan fingerprint density at radius 2 is 2.06 bits per heavy atom. The maximum Gasteiger partial charge on any atom is 0.0736 e. The van der Waals surface area contributed by atoms with Gasteiger partial charge in [-0.2, -0.15) is 0 Å². The van der Waals surface area contributed by atoms with Gasteiger partial charge in [0.25, 0.3) is 0 Å². The van der Waals surface area contributed by atoms with Crippen LogP contribution in [0.2, 0.25) is 0 Å². The van der Waals surface area contributed by atoms with E-state index in [9.17, 15) is 0 Å². The summed E-state index contributed by atoms with van der Waals surface area (Å²) in [4.78, 5) is 1.34. The molecule has 1 aromatic carbocycles. The zero-order valence-corrected chi connectivity index (χ0v) is 10.8. The summed E-state index contributed by atoms with van der Waals surface area (Å²) in [6.07, 6.45) is 0. The number of hydrogen-bond donors (Lipinski definition) is 1. The van der Waals surface area contributed by atoms with Crippen LogP contribution in [0.3, 0.4) is 0 Å². The summed E-state index contributed by atoms with van der Waals surface area (Å²) in [6.45, 7) is 4.31. The van der Waals surface area contributed by atoms with Gasteiger partial charge >= 0.3 is 0 Å². The standard InChI is InChI=1S/C14H17NOS/c1-2-16-11-12-6-3-4-8-14(12)15-10-13-7-5-9-17-13/h3-9,15H,2,10-11H2,1H3. The molecular formula is C14H17NOS. The lowest BCUT2D eigenvalue weighted by atomic mass is 10.2. The van der Waals surface area contributed by atoms with Crippen LogP contribution in [0.1, 0.15) is 17.4 Å². The number of thiophene rings is 1. The van der Waals surface area contributed by atoms with Crippen LogP contribution in [0.25, 0.3) is 0 Å². The van der Waals surface area contributed by atoms with Crippen LogP contribution in [0.15, 0.2) is 41.8 Å². The van der Waals surface area contributed by atoms with E-state index in [0.717, 1.165) is 18.8 Å². The highest BCUT2D eigenvalue weighted by atomic mass is 32.1. The van der Waals surface area contributed by atoms with E-state index in [1.165, 1.54) is 10.4 Å². The minimum Gasteiger partial charge on any atom is -0.380 e. The van der Waals surface area contributed by atoms with Crippen LogP contribution in [-0.4, -0.2) is 6.61 Å². The van der Waals surface area contributed by atoms with Crippen LogP contribution in [-0.2, 0) is 17.9 Å². The van der Waals surface area contributed by atoms with Crippen molar-refractivity contribution < 1.29 is 4.74 Å². The van der Waals surface area contributed by atoms with Crippen LogP contribution in [0.4, 0.5) is 5.69 Å². The van der Waals surface area contributed by atoms with E-state index in [4.69, 9.17) is 4.74 Å². The molecule has 2 rings (SSSR count). The molecule has 0 aliphatic rings. The largest absolute Gasteiger partial charge is 0.380 e. The average Bonchev–Trinajstić information content (AvgIpc) is 2.88. The molecule has 1 heterocycles. The smallest absolute Gasteiger partial charge is 0.0736 e. The maximum atomic E-state index is 5.46. The summed E-state index contributed by atoms with van der Waals surface area (Å²) in [6, 6.07) is 12.5. The number of anilines is 1. The molecule has 0 unspecified atom stereocenters. The Bertz CT molecular complexity index is 439. The van der Waals surface area contributed by atoms with Crippen LogP contribution in [0.5, 0.6) is 0 Å². The summed E-state index contributed by atoms with van der Waals surface area (Å²) in [5.74, 6) is 0. The molecule has 0 amide bonds. The number of para-hydroxylation sites is 1. The van der Waals surface area contributed by atoms with E-state index in [1.54, 1.807) is 11.3 Å². The Morgan fingerprint density at radius 3 is 2.82 bits per heavy atom. The van der Waals surface area contributed by atoms with Gasteiger partial charge in [-0.25, -0.2) is 0 Å². The molecule has 2 nitrogen and oxygen atoms in total. The first-order chi connectivity index (χ1) is 8.40. The van der Waals surface area contributed by atoms with Crippen molar-refractivity contribution in [2.24, 2.45) is 0 Å². The van der Waals surface area contributed by atoms with Crippen LogP contribution in [0, 0.1) is 0 Å². The Morgan fingerprint density at radius 1 is 1.18 bits per heavy atom. The second kappa shape index (κ2) is 6.42. The molecule has 0 aliphatic carbocycles. The maximum absolute atomic E-state index is 5.46. The summed E-state index contributed by atoms with van der Waals surface area (Å²) in [7, 11) is 0. The molecule has 2 aromatic rings. The number of hydrogen-bond acceptors (Lipinski definition) is 3. The Labute approximate surface area is 106 Å². The summed E-state index contributed by atoms with van der Waals surface area (Å²) >= 11 is 1.77. The predicted molar refractivity (Wildman–Crippen MR) is 73.4 cm³/mol. The highest BCUT2D eigenvalue weighted by Gasteiger charge is 2.01. The van der Waals surface area contributed by atoms with E-state index >= 15 is 0 Å². The predicted octanol–water partition coefficient (Wildman–Crippen LogP) is 3.90. The molecule has 1 aromatic heterocycles. The van der Waals surface area contributed by atoms with Gasteiger partial charge in [-0.15, -0.1) is 11.3 Å². The molecule has 0 radical (unpaired) electrons. The zero-order chi connectivity index (χ0) is 11.9. The van der Waals surface area contributed by atoms with Crippen molar-refractivity contribution in [3.05, 3.63) is 52.2 Å². The lowest BCUT2D eigenvalue weighted by molar-refractivity contribution is 0.134. The van der Waals surface area contributed by atoms with Gasteiger partial charge in [0.2, 0.25) is 0 Å². The van der Waals surface area contributed by atoms with Crippen molar-refractivity contribution in [2.75, 3.05) is 11.9 Å². The molecule has 0 saturated heterocycles. The molecule has 90 valence electrons. The molecule has 0 aliphatic heterocycles. The number of ether oxygens (including phenoxy) is 1. The molecule has 1 N–H and O–H groups in total. The van der Waals surface area contributed by atoms with Gasteiger partial charge in [0, 0.05) is 29.3 Å². The van der Waals surface area contributed by atoms with Crippen molar-refractivity contribution >= 4 is 17.0 Å². The molecule has 0 saturated carbocycles. The summed E-state index contributed by atoms with van der Waals surface area (Å²) in [5, 5.41) is 5.56. The molecule has 17 heavy (non-hydrogen) atoms. The van der Waals surface area contributed by atoms with Crippen molar-refractivity contribution in [3.8, 4) is 0 Å². The van der Waals surface area contributed by atoms with Crippen molar-refractivity contribution in [1.82, 2.24) is 0 Å². The Balaban J connectivity index is 1.99. The number of benzene rings is 1. The van der Waals surface area contributed by atoms with E-state index in [1.807, 2.05) is 19.1 Å². The Kier molecular flexibility index (Phi) is 4.59. The van der Waals surface area contributed by atoms with E-state index in [0.29, 0.717) is 6.61 Å². The van der Waals surface area contributed by atoms with Gasteiger partial charge in [0.1, 0.15) is 0 Å². The van der Waals surface area contributed by atoms with E-state index in [-0.39, 0.29) is 0 Å². The highest BCUT2D eigenvalue weighted by molar-refractivity contribution is 7.09. The number of nitrogens with one attached hydrogen (secondary N) is 1. The zero-order valence-electron chi connectivity index (χ0n) is 9.98. The lowest BCUT2D eigenvalue weighted by Gasteiger charge is -2.11. The quantitative estimate of drug-likeness (QED) is 0.836. The molecule has 0 atom stereocenters. The normalized spacial score (nSPS) is 10.4. The first-order valence-electron chi connectivity index (χ1n) is 5.82. The third-order valence-electron chi connectivity index (χ3n) is 2.51. The fourth-order valence-corrected chi connectivity index (χ4v) is 2.27. The average molecular weight is 247 g/mol. The summed E-state index contributed by atoms with van der Waals surface area (Å²) < 4.78 is 5.46. The minimum atomic E-state index is 0.671. The van der Waals surface area contributed by atoms with Gasteiger partial charge in [-0.3, -0.25) is 0 Å². The van der Waals surface area contributed by atoms with Gasteiger partial charge in [-0.1, -0.05) is 24.3 Å². The number of rotatable bonds is 6. The first-order valence-corrected chi connectivity index (χ1v) is 6.70. The van der Waals surface area contributed by atoms with Gasteiger partial charge in [0.15, 0.2) is 0 Å². The first kappa shape index (κ1) is 12.1. The van der Waals surface area contributed by atoms with Crippen LogP contribution >= 0.6 is 11.3 Å². The van der Waals surface area contributed by atoms with Gasteiger partial charge in [0.05, 0.1) is 6.61 Å². The van der Waals surface area contributed by atoms with Crippen molar-refractivity contribution in [3.63, 3.8) is 0 Å². The molecule has 3 heteroatoms. The van der Waals surface area contributed by atoms with Crippen molar-refractivity contribution in [2.45, 2.75) is 20.1 Å². The monoisotopic (exact) mass is 247 g/mol. The molecule has 0 bridgehead atoms. The third kappa shape index (κ3) is 3.58. The minimum absolute atomic E-state index is 0.671. The second-order valence-corrected chi connectivity index (χ2v) is 4.76. The fourth-order valence-electron chi connectivity index (χ4n) is 1.63.